The summed E-state index contributed by atoms with van der Waals surface area (Å²) in [5, 5.41) is 8.81. The second-order valence-corrected chi connectivity index (χ2v) is 8.00. The molecule has 0 N–H and O–H groups in total. The van der Waals surface area contributed by atoms with Crippen molar-refractivity contribution >= 4 is 35.3 Å². The van der Waals surface area contributed by atoms with Gasteiger partial charge in [0.05, 0.1) is 5.69 Å². The molecule has 11 heteroatoms. The van der Waals surface area contributed by atoms with E-state index in [9.17, 15) is 14.4 Å². The van der Waals surface area contributed by atoms with Gasteiger partial charge in [-0.2, -0.15) is 4.98 Å². The summed E-state index contributed by atoms with van der Waals surface area (Å²) in [4.78, 5) is 42.0. The van der Waals surface area contributed by atoms with E-state index < -0.39 is 18.2 Å². The minimum absolute atomic E-state index is 0.00988. The third kappa shape index (κ3) is 4.55. The summed E-state index contributed by atoms with van der Waals surface area (Å²) >= 11 is 1.30. The van der Waals surface area contributed by atoms with Gasteiger partial charge in [0, 0.05) is 31.9 Å². The van der Waals surface area contributed by atoms with Gasteiger partial charge in [0.1, 0.15) is 0 Å². The zero-order chi connectivity index (χ0) is 24.4. The van der Waals surface area contributed by atoms with Crippen molar-refractivity contribution in [2.24, 2.45) is 0 Å². The quantitative estimate of drug-likeness (QED) is 0.311. The van der Waals surface area contributed by atoms with E-state index in [0.717, 1.165) is 0 Å². The van der Waals surface area contributed by atoms with E-state index in [1.807, 2.05) is 12.3 Å². The highest BCUT2D eigenvalue weighted by Gasteiger charge is 2.35. The summed E-state index contributed by atoms with van der Waals surface area (Å²) in [5.74, 6) is -1.22. The summed E-state index contributed by atoms with van der Waals surface area (Å²) in [6, 6.07) is 11.8. The first-order valence-corrected chi connectivity index (χ1v) is 11.4. The number of benzene rings is 2. The molecule has 0 unspecified atom stereocenters. The molecule has 174 valence electrons. The molecule has 0 saturated carbocycles. The van der Waals surface area contributed by atoms with Gasteiger partial charge in [0.25, 0.3) is 0 Å². The third-order valence-electron chi connectivity index (χ3n) is 4.79. The summed E-state index contributed by atoms with van der Waals surface area (Å²) in [7, 11) is 0. The van der Waals surface area contributed by atoms with Gasteiger partial charge >= 0.3 is 11.9 Å². The summed E-state index contributed by atoms with van der Waals surface area (Å²) in [6.45, 7) is 3.88. The fourth-order valence-electron chi connectivity index (χ4n) is 3.51. The minimum atomic E-state index is -0.994. The number of carbonyl (C=O) groups is 3. The van der Waals surface area contributed by atoms with Crippen LogP contribution in [0.5, 0.6) is 17.4 Å². The molecule has 1 aromatic heterocycles. The van der Waals surface area contributed by atoms with Gasteiger partial charge in [-0.3, -0.25) is 19.3 Å². The Balaban J connectivity index is 1.91. The van der Waals surface area contributed by atoms with Crippen LogP contribution in [0.2, 0.25) is 0 Å². The van der Waals surface area contributed by atoms with Crippen LogP contribution < -0.4 is 19.1 Å². The van der Waals surface area contributed by atoms with Gasteiger partial charge in [-0.25, -0.2) is 0 Å². The minimum Gasteiger partial charge on any atom is -0.447 e. The Bertz CT molecular complexity index is 1300. The van der Waals surface area contributed by atoms with Crippen LogP contribution in [0.3, 0.4) is 0 Å². The topological polar surface area (TPSA) is 121 Å². The number of hydrogen-bond donors (Lipinski definition) is 0. The van der Waals surface area contributed by atoms with Crippen molar-refractivity contribution in [1.82, 2.24) is 15.2 Å². The van der Waals surface area contributed by atoms with Crippen molar-refractivity contribution in [2.45, 2.75) is 32.2 Å². The molecule has 1 aliphatic heterocycles. The van der Waals surface area contributed by atoms with Gasteiger partial charge in [0.15, 0.2) is 17.2 Å². The molecule has 1 amide bonds. The van der Waals surface area contributed by atoms with Crippen LogP contribution in [0.1, 0.15) is 32.6 Å². The fraction of sp³-hybridized carbons (Fsp3) is 0.217. The summed E-state index contributed by atoms with van der Waals surface area (Å²) in [5.41, 5.74) is 2.01. The molecule has 3 aromatic rings. The van der Waals surface area contributed by atoms with E-state index in [-0.39, 0.29) is 23.3 Å². The SMILES string of the molecule is CSc1nnc2c(n1)O[C@H](c1ccc(OC(C)=O)c(OC(C)=O)c1)N(C(C)=O)c1ccccc1-2. The molecule has 0 saturated heterocycles. The number of carbonyl (C=O) groups excluding carboxylic acids is 3. The number of anilines is 1. The summed E-state index contributed by atoms with van der Waals surface area (Å²) < 4.78 is 16.7. The second kappa shape index (κ2) is 9.48. The molecule has 2 aromatic carbocycles. The predicted molar refractivity (Wildman–Crippen MR) is 123 cm³/mol. The highest BCUT2D eigenvalue weighted by molar-refractivity contribution is 7.98. The number of para-hydroxylation sites is 1. The molecule has 1 atom stereocenters. The van der Waals surface area contributed by atoms with Crippen molar-refractivity contribution in [1.29, 1.82) is 0 Å². The Morgan fingerprint density at radius 2 is 1.68 bits per heavy atom. The number of hydrogen-bond acceptors (Lipinski definition) is 10. The van der Waals surface area contributed by atoms with Gasteiger partial charge in [-0.05, 0) is 30.5 Å². The van der Waals surface area contributed by atoms with Crippen LogP contribution in [0.4, 0.5) is 5.69 Å². The average molecular weight is 481 g/mol. The molecule has 0 fully saturated rings. The number of amides is 1. The molecule has 0 aliphatic carbocycles. The summed E-state index contributed by atoms with van der Waals surface area (Å²) in [6.07, 6.45) is 0.819. The van der Waals surface area contributed by atoms with E-state index in [1.165, 1.54) is 49.6 Å². The van der Waals surface area contributed by atoms with Gasteiger partial charge in [-0.1, -0.05) is 30.0 Å². The van der Waals surface area contributed by atoms with Crippen LogP contribution in [0, 0.1) is 0 Å². The molecule has 0 spiro atoms. The Kier molecular flexibility index (Phi) is 6.46. The lowest BCUT2D eigenvalue weighted by atomic mass is 10.1. The van der Waals surface area contributed by atoms with Crippen molar-refractivity contribution in [2.75, 3.05) is 11.2 Å². The third-order valence-corrected chi connectivity index (χ3v) is 5.33. The molecule has 0 bridgehead atoms. The lowest BCUT2D eigenvalue weighted by Crippen LogP contribution is -2.36. The monoisotopic (exact) mass is 480 g/mol. The maximum Gasteiger partial charge on any atom is 0.308 e. The zero-order valence-electron chi connectivity index (χ0n) is 18.8. The zero-order valence-corrected chi connectivity index (χ0v) is 19.6. The van der Waals surface area contributed by atoms with Crippen molar-refractivity contribution in [3.63, 3.8) is 0 Å². The van der Waals surface area contributed by atoms with E-state index in [2.05, 4.69) is 15.2 Å². The standard InChI is InChI=1S/C23H20N4O6S/c1-12(28)27-17-8-6-5-7-16(17)20-21(24-23(34-4)26-25-20)33-22(27)15-9-10-18(31-13(2)29)19(11-15)32-14(3)30/h5-11,22H,1-4H3/t22-/m1/s1. The van der Waals surface area contributed by atoms with E-state index >= 15 is 0 Å². The molecular formula is C23H20N4O6S. The van der Waals surface area contributed by atoms with Crippen molar-refractivity contribution in [3.8, 4) is 28.6 Å². The maximum atomic E-state index is 12.9. The van der Waals surface area contributed by atoms with Crippen LogP contribution >= 0.6 is 11.8 Å². The van der Waals surface area contributed by atoms with Crippen LogP contribution in [-0.2, 0) is 14.4 Å². The molecule has 4 rings (SSSR count). The first-order valence-electron chi connectivity index (χ1n) is 10.1. The lowest BCUT2D eigenvalue weighted by molar-refractivity contribution is -0.134. The largest absolute Gasteiger partial charge is 0.447 e. The van der Waals surface area contributed by atoms with Crippen molar-refractivity contribution < 1.29 is 28.6 Å². The molecule has 2 heterocycles. The number of fused-ring (bicyclic) bond motifs is 3. The Hall–Kier alpha value is -3.99. The second-order valence-electron chi connectivity index (χ2n) is 7.22. The van der Waals surface area contributed by atoms with Crippen LogP contribution in [0.15, 0.2) is 47.6 Å². The number of aromatic nitrogens is 3. The molecule has 10 nitrogen and oxygen atoms in total. The number of esters is 2. The highest BCUT2D eigenvalue weighted by atomic mass is 32.2. The van der Waals surface area contributed by atoms with E-state index in [0.29, 0.717) is 27.7 Å². The highest BCUT2D eigenvalue weighted by Crippen LogP contribution is 2.44. The fourth-order valence-corrected chi connectivity index (χ4v) is 3.80. The first kappa shape index (κ1) is 23.2. The van der Waals surface area contributed by atoms with Gasteiger partial charge in [0.2, 0.25) is 23.2 Å². The van der Waals surface area contributed by atoms with Gasteiger partial charge in [-0.15, -0.1) is 10.2 Å². The Morgan fingerprint density at radius 3 is 2.35 bits per heavy atom. The Labute approximate surface area is 199 Å². The number of thioether (sulfide) groups is 1. The lowest BCUT2D eigenvalue weighted by Gasteiger charge is -2.30. The van der Waals surface area contributed by atoms with Gasteiger partial charge < -0.3 is 14.2 Å². The number of rotatable bonds is 4. The van der Waals surface area contributed by atoms with Crippen LogP contribution in [-0.4, -0.2) is 39.3 Å². The number of nitrogens with zero attached hydrogens (tertiary/aromatic N) is 4. The van der Waals surface area contributed by atoms with Crippen LogP contribution in [0.25, 0.3) is 11.3 Å². The van der Waals surface area contributed by atoms with Crippen molar-refractivity contribution in [3.05, 3.63) is 48.0 Å². The predicted octanol–water partition coefficient (Wildman–Crippen LogP) is 3.56. The average Bonchev–Trinajstić information content (AvgIpc) is 2.93. The van der Waals surface area contributed by atoms with E-state index in [1.54, 1.807) is 24.3 Å². The molecule has 1 aliphatic rings. The number of ether oxygens (including phenoxy) is 3. The first-order chi connectivity index (χ1) is 16.3. The smallest absolute Gasteiger partial charge is 0.308 e. The Morgan fingerprint density at radius 1 is 0.971 bits per heavy atom. The molecule has 0 radical (unpaired) electrons. The van der Waals surface area contributed by atoms with E-state index in [4.69, 9.17) is 14.2 Å². The molecule has 34 heavy (non-hydrogen) atoms. The molecular weight excluding hydrogens is 460 g/mol. The maximum absolute atomic E-state index is 12.9. The normalized spacial score (nSPS) is 14.2.